The zero-order chi connectivity index (χ0) is 20.8. The summed E-state index contributed by atoms with van der Waals surface area (Å²) in [6, 6.07) is 6.38. The summed E-state index contributed by atoms with van der Waals surface area (Å²) < 4.78 is 11.3. The Balaban J connectivity index is 1.66. The Labute approximate surface area is 172 Å². The van der Waals surface area contributed by atoms with Crippen LogP contribution in [0.5, 0.6) is 5.75 Å². The van der Waals surface area contributed by atoms with E-state index in [-0.39, 0.29) is 11.9 Å². The molecule has 1 aromatic rings. The number of hydrogen-bond donors (Lipinski definition) is 2. The lowest BCUT2D eigenvalue weighted by molar-refractivity contribution is -0.210. The summed E-state index contributed by atoms with van der Waals surface area (Å²) in [5, 5.41) is 23.4. The molecule has 5 nitrogen and oxygen atoms in total. The van der Waals surface area contributed by atoms with Gasteiger partial charge in [-0.2, -0.15) is 0 Å². The Hall–Kier alpha value is -1.59. The summed E-state index contributed by atoms with van der Waals surface area (Å²) >= 11 is 0. The second-order valence-electron chi connectivity index (χ2n) is 10.2. The number of methoxy groups -OCH3 is 1. The van der Waals surface area contributed by atoms with Crippen molar-refractivity contribution in [1.82, 2.24) is 0 Å². The van der Waals surface area contributed by atoms with E-state index in [0.717, 1.165) is 37.9 Å². The van der Waals surface area contributed by atoms with Crippen molar-refractivity contribution >= 4 is 5.97 Å². The van der Waals surface area contributed by atoms with Crippen LogP contribution in [0.25, 0.3) is 0 Å². The molecule has 29 heavy (non-hydrogen) atoms. The number of fused-ring (bicyclic) bond motifs is 3. The molecule has 1 aromatic carbocycles. The fourth-order valence-electron chi connectivity index (χ4n) is 8.32. The van der Waals surface area contributed by atoms with Gasteiger partial charge in [0, 0.05) is 17.8 Å². The van der Waals surface area contributed by atoms with Crippen LogP contribution < -0.4 is 4.74 Å². The first-order chi connectivity index (χ1) is 13.6. The number of esters is 1. The van der Waals surface area contributed by atoms with E-state index in [9.17, 15) is 15.0 Å². The van der Waals surface area contributed by atoms with Crippen LogP contribution in [0.3, 0.4) is 0 Å². The minimum Gasteiger partial charge on any atom is -0.497 e. The maximum atomic E-state index is 12.0. The highest BCUT2D eigenvalue weighted by Crippen LogP contribution is 2.80. The Morgan fingerprint density at radius 3 is 2.59 bits per heavy atom. The lowest BCUT2D eigenvalue weighted by Crippen LogP contribution is -2.59. The fraction of sp³-hybridized carbons (Fsp3) is 0.708. The van der Waals surface area contributed by atoms with Crippen molar-refractivity contribution in [3.05, 3.63) is 29.3 Å². The van der Waals surface area contributed by atoms with Crippen LogP contribution in [0.2, 0.25) is 0 Å². The minimum absolute atomic E-state index is 0.273. The molecule has 0 unspecified atom stereocenters. The number of aryl methyl sites for hydroxylation is 1. The minimum atomic E-state index is -1.44. The highest BCUT2D eigenvalue weighted by Gasteiger charge is 2.85. The van der Waals surface area contributed by atoms with E-state index in [0.29, 0.717) is 12.3 Å². The van der Waals surface area contributed by atoms with Crippen molar-refractivity contribution in [1.29, 1.82) is 0 Å². The van der Waals surface area contributed by atoms with Crippen molar-refractivity contribution in [2.75, 3.05) is 7.11 Å². The maximum absolute atomic E-state index is 12.0. The molecule has 4 aliphatic carbocycles. The standard InChI is InChI=1S/C24H32O5/c1-14(25)29-20-22(3,26)24(27)12-11-23(20)19-8-5-15-13-16(28-4)6-7-17(15)18(19)9-10-21(23,24)2/h6-7,13,18-20,26-27H,5,8-12H2,1-4H3/t18-,19-,20-,21+,22+,23-,24-/m1/s1. The maximum Gasteiger partial charge on any atom is 0.303 e. The zero-order valence-electron chi connectivity index (χ0n) is 17.8. The van der Waals surface area contributed by atoms with Crippen LogP contribution >= 0.6 is 0 Å². The van der Waals surface area contributed by atoms with Crippen LogP contribution in [0, 0.1) is 16.7 Å². The van der Waals surface area contributed by atoms with E-state index in [1.165, 1.54) is 18.1 Å². The van der Waals surface area contributed by atoms with E-state index < -0.39 is 28.1 Å². The molecule has 0 heterocycles. The van der Waals surface area contributed by atoms with Crippen molar-refractivity contribution in [2.24, 2.45) is 16.7 Å². The highest BCUT2D eigenvalue weighted by molar-refractivity contribution is 5.67. The quantitative estimate of drug-likeness (QED) is 0.745. The monoisotopic (exact) mass is 400 g/mol. The van der Waals surface area contributed by atoms with E-state index in [1.807, 2.05) is 6.07 Å². The van der Waals surface area contributed by atoms with Gasteiger partial charge < -0.3 is 19.7 Å². The molecule has 0 aromatic heterocycles. The summed E-state index contributed by atoms with van der Waals surface area (Å²) in [5.74, 6) is 1.13. The number of aliphatic hydroxyl groups is 2. The van der Waals surface area contributed by atoms with Crippen LogP contribution in [-0.4, -0.2) is 40.6 Å². The normalized spacial score (nSPS) is 47.2. The largest absolute Gasteiger partial charge is 0.497 e. The van der Waals surface area contributed by atoms with Crippen molar-refractivity contribution < 1.29 is 24.5 Å². The average molecular weight is 401 g/mol. The number of hydrogen-bond acceptors (Lipinski definition) is 5. The molecule has 3 fully saturated rings. The van der Waals surface area contributed by atoms with Crippen molar-refractivity contribution in [2.45, 2.75) is 82.5 Å². The molecule has 0 radical (unpaired) electrons. The van der Waals surface area contributed by atoms with Gasteiger partial charge >= 0.3 is 5.97 Å². The Kier molecular flexibility index (Phi) is 3.85. The van der Waals surface area contributed by atoms with Gasteiger partial charge in [-0.15, -0.1) is 0 Å². The summed E-state index contributed by atoms with van der Waals surface area (Å²) in [6.07, 6.45) is 4.40. The Bertz CT molecular complexity index is 878. The molecule has 0 aliphatic heterocycles. The molecule has 158 valence electrons. The van der Waals surface area contributed by atoms with Gasteiger partial charge in [0.2, 0.25) is 0 Å². The predicted molar refractivity (Wildman–Crippen MR) is 108 cm³/mol. The van der Waals surface area contributed by atoms with Gasteiger partial charge in [-0.3, -0.25) is 4.79 Å². The van der Waals surface area contributed by atoms with Crippen LogP contribution in [0.1, 0.15) is 69.9 Å². The van der Waals surface area contributed by atoms with Crippen LogP contribution in [-0.2, 0) is 16.0 Å². The van der Waals surface area contributed by atoms with Gasteiger partial charge in [-0.1, -0.05) is 13.0 Å². The average Bonchev–Trinajstić information content (AvgIpc) is 2.99. The van der Waals surface area contributed by atoms with Gasteiger partial charge in [0.15, 0.2) is 0 Å². The van der Waals surface area contributed by atoms with E-state index in [4.69, 9.17) is 9.47 Å². The molecule has 0 amide bonds. The topological polar surface area (TPSA) is 76.0 Å². The van der Waals surface area contributed by atoms with E-state index >= 15 is 0 Å². The number of benzene rings is 1. The molecule has 5 rings (SSSR count). The highest BCUT2D eigenvalue weighted by atomic mass is 16.6. The van der Waals surface area contributed by atoms with E-state index in [2.05, 4.69) is 19.1 Å². The molecular weight excluding hydrogens is 368 g/mol. The van der Waals surface area contributed by atoms with Crippen LogP contribution in [0.15, 0.2) is 18.2 Å². The summed E-state index contributed by atoms with van der Waals surface area (Å²) in [5.41, 5.74) is -0.840. The number of carbonyl (C=O) groups is 1. The Morgan fingerprint density at radius 1 is 1.14 bits per heavy atom. The SMILES string of the molecule is COc1ccc2c(c1)CC[C@@H]1[C@@H]2CC[C@@]2(C)[C@]13CC[C@]2(O)[C@@](C)(O)[C@H]3OC(C)=O. The molecule has 7 atom stereocenters. The third-order valence-electron chi connectivity index (χ3n) is 9.52. The fourth-order valence-corrected chi connectivity index (χ4v) is 8.32. The van der Waals surface area contributed by atoms with Crippen molar-refractivity contribution in [3.8, 4) is 5.75 Å². The smallest absolute Gasteiger partial charge is 0.303 e. The van der Waals surface area contributed by atoms with Crippen molar-refractivity contribution in [3.63, 3.8) is 0 Å². The molecule has 0 saturated heterocycles. The second kappa shape index (κ2) is 5.76. The van der Waals surface area contributed by atoms with Gasteiger partial charge in [-0.25, -0.2) is 0 Å². The second-order valence-corrected chi connectivity index (χ2v) is 10.2. The summed E-state index contributed by atoms with van der Waals surface area (Å²) in [4.78, 5) is 12.0. The molecule has 2 bridgehead atoms. The van der Waals surface area contributed by atoms with Gasteiger partial charge in [0.05, 0.1) is 7.11 Å². The number of carbonyl (C=O) groups excluding carboxylic acids is 1. The number of rotatable bonds is 2. The first-order valence-corrected chi connectivity index (χ1v) is 10.9. The van der Waals surface area contributed by atoms with Gasteiger partial charge in [0.25, 0.3) is 0 Å². The van der Waals surface area contributed by atoms with Gasteiger partial charge in [-0.05, 0) is 80.5 Å². The first kappa shape index (κ1) is 19.4. The molecule has 2 N–H and O–H groups in total. The molecule has 0 spiro atoms. The first-order valence-electron chi connectivity index (χ1n) is 10.9. The van der Waals surface area contributed by atoms with Crippen LogP contribution in [0.4, 0.5) is 0 Å². The zero-order valence-corrected chi connectivity index (χ0v) is 17.8. The molecule has 5 heteroatoms. The Morgan fingerprint density at radius 2 is 1.90 bits per heavy atom. The van der Waals surface area contributed by atoms with E-state index in [1.54, 1.807) is 14.0 Å². The molecule has 3 saturated carbocycles. The lowest BCUT2D eigenvalue weighted by Gasteiger charge is -2.57. The predicted octanol–water partition coefficient (Wildman–Crippen LogP) is 3.35. The summed E-state index contributed by atoms with van der Waals surface area (Å²) in [6.45, 7) is 5.22. The molecule has 4 aliphatic rings. The lowest BCUT2D eigenvalue weighted by atomic mass is 9.47. The molecular formula is C24H32O5. The third-order valence-corrected chi connectivity index (χ3v) is 9.52. The number of ether oxygens (including phenoxy) is 2. The summed E-state index contributed by atoms with van der Waals surface area (Å²) in [7, 11) is 1.70. The van der Waals surface area contributed by atoms with Gasteiger partial charge in [0.1, 0.15) is 23.1 Å². The third kappa shape index (κ3) is 2.01.